The van der Waals surface area contributed by atoms with Gasteiger partial charge in [0.25, 0.3) is 0 Å². The molecule has 0 aromatic rings. The van der Waals surface area contributed by atoms with Gasteiger partial charge in [-0.3, -0.25) is 4.79 Å². The Morgan fingerprint density at radius 2 is 0.892 bits per heavy atom. The van der Waals surface area contributed by atoms with Crippen LogP contribution in [0.15, 0.2) is 36.5 Å². The van der Waals surface area contributed by atoms with Crippen LogP contribution in [-0.2, 0) is 23.7 Å². The summed E-state index contributed by atoms with van der Waals surface area (Å²) in [5, 5.41) is 40.3. The lowest BCUT2D eigenvalue weighted by molar-refractivity contribution is -0.305. The second-order valence-electron chi connectivity index (χ2n) is 19.0. The summed E-state index contributed by atoms with van der Waals surface area (Å²) in [5.41, 5.74) is 0. The molecular weight excluding hydrogens is 817 g/mol. The third kappa shape index (κ3) is 38.0. The minimum Gasteiger partial charge on any atom is -0.457 e. The standard InChI is InChI=1S/C56H104O9/c1-3-5-7-9-11-13-15-17-19-21-22-23-24-25-26-27-28-29-30-32-34-36-38-40-42-44-46-62-48-50(49-63-56-55(61)54(60)53(59)51(47-57)65-56)64-52(58)45-43-41-39-37-35-33-31-20-18-16-14-12-10-8-6-4-2/h15,17,21-22,24-25,50-51,53-57,59-61H,3-14,16,18-20,23,26-49H2,1-2H3/b17-15-,22-21-,25-24-. The quantitative estimate of drug-likeness (QED) is 0.0267. The number of aliphatic hydroxyl groups excluding tert-OH is 4. The zero-order chi connectivity index (χ0) is 47.1. The molecule has 382 valence electrons. The average molecular weight is 921 g/mol. The Balaban J connectivity index is 2.15. The highest BCUT2D eigenvalue weighted by Crippen LogP contribution is 2.23. The van der Waals surface area contributed by atoms with Gasteiger partial charge in [0.15, 0.2) is 6.29 Å². The molecule has 9 heteroatoms. The number of hydrogen-bond donors (Lipinski definition) is 4. The van der Waals surface area contributed by atoms with Gasteiger partial charge in [-0.15, -0.1) is 0 Å². The maximum Gasteiger partial charge on any atom is 0.306 e. The number of rotatable bonds is 48. The van der Waals surface area contributed by atoms with Crippen LogP contribution in [-0.4, -0.2) is 89.6 Å². The third-order valence-corrected chi connectivity index (χ3v) is 12.8. The summed E-state index contributed by atoms with van der Waals surface area (Å²) in [6.07, 6.45) is 51.8. The number of ether oxygens (including phenoxy) is 4. The van der Waals surface area contributed by atoms with Crippen molar-refractivity contribution in [2.24, 2.45) is 0 Å². The van der Waals surface area contributed by atoms with Crippen molar-refractivity contribution in [2.45, 2.75) is 288 Å². The Hall–Kier alpha value is -1.59. The summed E-state index contributed by atoms with van der Waals surface area (Å²) in [6, 6.07) is 0. The monoisotopic (exact) mass is 921 g/mol. The summed E-state index contributed by atoms with van der Waals surface area (Å²) in [4.78, 5) is 12.8. The Morgan fingerprint density at radius 3 is 1.34 bits per heavy atom. The highest BCUT2D eigenvalue weighted by molar-refractivity contribution is 5.69. The maximum atomic E-state index is 12.8. The zero-order valence-corrected chi connectivity index (χ0v) is 42.2. The fourth-order valence-corrected chi connectivity index (χ4v) is 8.50. The normalized spacial score (nSPS) is 19.6. The largest absolute Gasteiger partial charge is 0.457 e. The SMILES string of the molecule is CCCCCCC/C=C\C/C=C\C/C=C\CCCCCCCCCCCCCOCC(COC1OC(CO)C(O)C(O)C1O)OC(=O)CCCCCCCCCCCCCCCCCC. The van der Waals surface area contributed by atoms with Gasteiger partial charge in [-0.05, 0) is 51.4 Å². The van der Waals surface area contributed by atoms with Gasteiger partial charge < -0.3 is 39.4 Å². The molecule has 4 N–H and O–H groups in total. The van der Waals surface area contributed by atoms with Gasteiger partial charge in [0, 0.05) is 13.0 Å². The van der Waals surface area contributed by atoms with Crippen LogP contribution in [0.4, 0.5) is 0 Å². The Kier molecular flexibility index (Phi) is 44.9. The first-order valence-electron chi connectivity index (χ1n) is 27.6. The molecule has 1 fully saturated rings. The molecule has 9 nitrogen and oxygen atoms in total. The Bertz CT molecular complexity index is 1090. The number of allylic oxidation sites excluding steroid dienone is 6. The van der Waals surface area contributed by atoms with Crippen molar-refractivity contribution < 1.29 is 44.2 Å². The molecule has 6 atom stereocenters. The minimum atomic E-state index is -1.54. The zero-order valence-electron chi connectivity index (χ0n) is 42.2. The maximum absolute atomic E-state index is 12.8. The van der Waals surface area contributed by atoms with Crippen LogP contribution in [0, 0.1) is 0 Å². The first kappa shape index (κ1) is 61.4. The predicted molar refractivity (Wildman–Crippen MR) is 270 cm³/mol. The van der Waals surface area contributed by atoms with Crippen LogP contribution < -0.4 is 0 Å². The van der Waals surface area contributed by atoms with E-state index in [1.54, 1.807) is 0 Å². The van der Waals surface area contributed by atoms with Crippen molar-refractivity contribution in [1.82, 2.24) is 0 Å². The Labute approximate surface area is 400 Å². The molecule has 1 rings (SSSR count). The highest BCUT2D eigenvalue weighted by Gasteiger charge is 2.44. The van der Waals surface area contributed by atoms with E-state index >= 15 is 0 Å². The summed E-state index contributed by atoms with van der Waals surface area (Å²) in [7, 11) is 0. The fourth-order valence-electron chi connectivity index (χ4n) is 8.50. The van der Waals surface area contributed by atoms with E-state index in [-0.39, 0.29) is 19.2 Å². The molecule has 0 radical (unpaired) electrons. The van der Waals surface area contributed by atoms with Gasteiger partial charge in [-0.2, -0.15) is 0 Å². The van der Waals surface area contributed by atoms with Crippen LogP contribution in [0.25, 0.3) is 0 Å². The van der Waals surface area contributed by atoms with Crippen molar-refractivity contribution in [3.8, 4) is 0 Å². The van der Waals surface area contributed by atoms with Gasteiger partial charge in [0.1, 0.15) is 30.5 Å². The van der Waals surface area contributed by atoms with E-state index in [1.165, 1.54) is 186 Å². The van der Waals surface area contributed by atoms with E-state index in [1.807, 2.05) is 0 Å². The van der Waals surface area contributed by atoms with E-state index in [0.29, 0.717) is 13.0 Å². The topological polar surface area (TPSA) is 135 Å². The number of carbonyl (C=O) groups is 1. The minimum absolute atomic E-state index is 0.111. The molecule has 0 aromatic heterocycles. The molecule has 65 heavy (non-hydrogen) atoms. The number of esters is 1. The summed E-state index contributed by atoms with van der Waals surface area (Å²) < 4.78 is 22.9. The van der Waals surface area contributed by atoms with Gasteiger partial charge in [-0.25, -0.2) is 0 Å². The number of carbonyl (C=O) groups excluding carboxylic acids is 1. The van der Waals surface area contributed by atoms with Crippen LogP contribution in [0.3, 0.4) is 0 Å². The summed E-state index contributed by atoms with van der Waals surface area (Å²) in [6.45, 7) is 4.58. The van der Waals surface area contributed by atoms with E-state index in [9.17, 15) is 25.2 Å². The molecule has 0 amide bonds. The van der Waals surface area contributed by atoms with Crippen LogP contribution >= 0.6 is 0 Å². The molecule has 1 aliphatic rings. The van der Waals surface area contributed by atoms with Crippen molar-refractivity contribution in [2.75, 3.05) is 26.4 Å². The smallest absolute Gasteiger partial charge is 0.306 e. The van der Waals surface area contributed by atoms with Crippen molar-refractivity contribution >= 4 is 5.97 Å². The number of unbranched alkanes of at least 4 members (excludes halogenated alkanes) is 31. The fraction of sp³-hybridized carbons (Fsp3) is 0.875. The van der Waals surface area contributed by atoms with Gasteiger partial charge in [0.2, 0.25) is 0 Å². The second kappa shape index (κ2) is 47.5. The lowest BCUT2D eigenvalue weighted by Gasteiger charge is -2.39. The van der Waals surface area contributed by atoms with Crippen LogP contribution in [0.5, 0.6) is 0 Å². The first-order chi connectivity index (χ1) is 31.9. The highest BCUT2D eigenvalue weighted by atomic mass is 16.7. The molecule has 1 heterocycles. The van der Waals surface area contributed by atoms with Crippen LogP contribution in [0.1, 0.15) is 251 Å². The molecule has 0 spiro atoms. The van der Waals surface area contributed by atoms with E-state index in [0.717, 1.165) is 44.9 Å². The van der Waals surface area contributed by atoms with Gasteiger partial charge >= 0.3 is 5.97 Å². The van der Waals surface area contributed by atoms with Gasteiger partial charge in [-0.1, -0.05) is 230 Å². The first-order valence-corrected chi connectivity index (χ1v) is 27.6. The lowest BCUT2D eigenvalue weighted by Crippen LogP contribution is -2.59. The molecule has 0 saturated carbocycles. The van der Waals surface area contributed by atoms with Crippen LogP contribution in [0.2, 0.25) is 0 Å². The second-order valence-corrected chi connectivity index (χ2v) is 19.0. The molecular formula is C56H104O9. The van der Waals surface area contributed by atoms with Gasteiger partial charge in [0.05, 0.1) is 19.8 Å². The summed E-state index contributed by atoms with van der Waals surface area (Å²) in [5.74, 6) is -0.310. The number of hydrogen-bond acceptors (Lipinski definition) is 9. The molecule has 1 saturated heterocycles. The van der Waals surface area contributed by atoms with E-state index in [4.69, 9.17) is 18.9 Å². The lowest BCUT2D eigenvalue weighted by atomic mass is 9.99. The predicted octanol–water partition coefficient (Wildman–Crippen LogP) is 13.9. The molecule has 0 aromatic carbocycles. The average Bonchev–Trinajstić information content (AvgIpc) is 3.31. The third-order valence-electron chi connectivity index (χ3n) is 12.8. The van der Waals surface area contributed by atoms with E-state index in [2.05, 4.69) is 50.3 Å². The van der Waals surface area contributed by atoms with Crippen molar-refractivity contribution in [3.63, 3.8) is 0 Å². The van der Waals surface area contributed by atoms with Crippen molar-refractivity contribution in [3.05, 3.63) is 36.5 Å². The molecule has 1 aliphatic heterocycles. The molecule has 0 bridgehead atoms. The molecule has 6 unspecified atom stereocenters. The Morgan fingerprint density at radius 1 is 0.492 bits per heavy atom. The molecule has 0 aliphatic carbocycles. The number of aliphatic hydroxyl groups is 4. The van der Waals surface area contributed by atoms with Crippen molar-refractivity contribution in [1.29, 1.82) is 0 Å². The summed E-state index contributed by atoms with van der Waals surface area (Å²) >= 11 is 0. The van der Waals surface area contributed by atoms with E-state index < -0.39 is 43.4 Å².